The van der Waals surface area contributed by atoms with Crippen molar-refractivity contribution in [3.63, 3.8) is 0 Å². The molecule has 0 bridgehead atoms. The van der Waals surface area contributed by atoms with Crippen molar-refractivity contribution < 1.29 is 4.39 Å². The Kier molecular flexibility index (Phi) is 4.71. The van der Waals surface area contributed by atoms with Gasteiger partial charge in [-0.3, -0.25) is 14.3 Å². The molecule has 144 valence electrons. The normalized spacial score (nSPS) is 14.5. The highest BCUT2D eigenvalue weighted by Gasteiger charge is 2.31. The van der Waals surface area contributed by atoms with Crippen LogP contribution >= 0.6 is 0 Å². The second kappa shape index (κ2) is 7.19. The predicted octanol–water partition coefficient (Wildman–Crippen LogP) is 3.82. The zero-order chi connectivity index (χ0) is 19.7. The molecule has 0 saturated heterocycles. The summed E-state index contributed by atoms with van der Waals surface area (Å²) in [5.41, 5.74) is 2.64. The fourth-order valence-electron chi connectivity index (χ4n) is 3.70. The Morgan fingerprint density at radius 1 is 1.14 bits per heavy atom. The lowest BCUT2D eigenvalue weighted by Crippen LogP contribution is -2.30. The Balaban J connectivity index is 1.69. The number of hydrogen-bond acceptors (Lipinski definition) is 4. The predicted molar refractivity (Wildman–Crippen MR) is 108 cm³/mol. The molecule has 3 heterocycles. The molecule has 6 heteroatoms. The zero-order valence-corrected chi connectivity index (χ0v) is 16.1. The van der Waals surface area contributed by atoms with Gasteiger partial charge in [0, 0.05) is 23.5 Å². The molecule has 4 rings (SSSR count). The van der Waals surface area contributed by atoms with E-state index < -0.39 is 0 Å². The quantitative estimate of drug-likeness (QED) is 0.733. The number of aromatic nitrogens is 3. The monoisotopic (exact) mass is 378 g/mol. The third kappa shape index (κ3) is 3.54. The Labute approximate surface area is 163 Å². The number of rotatable bonds is 5. The molecule has 3 aromatic rings. The second-order valence-corrected chi connectivity index (χ2v) is 7.84. The van der Waals surface area contributed by atoms with Crippen LogP contribution in [0.25, 0.3) is 11.3 Å². The molecule has 0 atom stereocenters. The van der Waals surface area contributed by atoms with Gasteiger partial charge in [0.05, 0.1) is 17.8 Å². The van der Waals surface area contributed by atoms with E-state index in [4.69, 9.17) is 4.98 Å². The molecule has 2 aromatic heterocycles. The number of hydrogen-bond donors (Lipinski definition) is 1. The molecule has 5 nitrogen and oxygen atoms in total. The molecular weight excluding hydrogens is 355 g/mol. The first-order chi connectivity index (χ1) is 13.4. The number of halogens is 1. The van der Waals surface area contributed by atoms with Gasteiger partial charge in [0.25, 0.3) is 5.56 Å². The minimum absolute atomic E-state index is 0.0246. The highest BCUT2D eigenvalue weighted by molar-refractivity contribution is 5.64. The molecule has 1 aromatic carbocycles. The second-order valence-electron chi connectivity index (χ2n) is 7.84. The van der Waals surface area contributed by atoms with Crippen molar-refractivity contribution >= 4 is 5.95 Å². The molecule has 0 radical (unpaired) electrons. The summed E-state index contributed by atoms with van der Waals surface area (Å²) in [4.78, 5) is 22.1. The van der Waals surface area contributed by atoms with Crippen molar-refractivity contribution in [1.29, 1.82) is 0 Å². The van der Waals surface area contributed by atoms with E-state index in [0.29, 0.717) is 48.6 Å². The molecule has 0 amide bonds. The van der Waals surface area contributed by atoms with Crippen LogP contribution in [-0.4, -0.2) is 20.1 Å². The summed E-state index contributed by atoms with van der Waals surface area (Å²) in [5.74, 6) is 0.395. The molecule has 0 saturated carbocycles. The molecule has 28 heavy (non-hydrogen) atoms. The smallest absolute Gasteiger partial charge is 0.258 e. The number of benzene rings is 1. The van der Waals surface area contributed by atoms with Crippen LogP contribution in [0.2, 0.25) is 0 Å². The Morgan fingerprint density at radius 3 is 2.64 bits per heavy atom. The number of anilines is 1. The van der Waals surface area contributed by atoms with Crippen LogP contribution in [0.1, 0.15) is 31.4 Å². The summed E-state index contributed by atoms with van der Waals surface area (Å²) in [5, 5.41) is 3.33. The van der Waals surface area contributed by atoms with Crippen LogP contribution in [0.15, 0.2) is 53.6 Å². The van der Waals surface area contributed by atoms with E-state index in [1.54, 1.807) is 29.1 Å². The maximum Gasteiger partial charge on any atom is 0.258 e. The number of aryl methyl sites for hydroxylation is 1. The van der Waals surface area contributed by atoms with Gasteiger partial charge in [0.2, 0.25) is 5.95 Å². The topological polar surface area (TPSA) is 59.8 Å². The Hall–Kier alpha value is -3.02. The fraction of sp³-hybridized carbons (Fsp3) is 0.318. The van der Waals surface area contributed by atoms with E-state index in [1.807, 2.05) is 32.0 Å². The first kappa shape index (κ1) is 18.3. The summed E-state index contributed by atoms with van der Waals surface area (Å²) in [7, 11) is 0. The van der Waals surface area contributed by atoms with Crippen molar-refractivity contribution in [2.45, 2.75) is 45.2 Å². The summed E-state index contributed by atoms with van der Waals surface area (Å²) in [6, 6.07) is 10.5. The van der Waals surface area contributed by atoms with Crippen molar-refractivity contribution in [2.75, 3.05) is 5.32 Å². The third-order valence-electron chi connectivity index (χ3n) is 5.05. The van der Waals surface area contributed by atoms with Crippen LogP contribution < -0.4 is 10.9 Å². The maximum absolute atomic E-state index is 13.9. The van der Waals surface area contributed by atoms with Crippen LogP contribution in [0.3, 0.4) is 0 Å². The lowest BCUT2D eigenvalue weighted by Gasteiger charge is -2.15. The van der Waals surface area contributed by atoms with E-state index >= 15 is 0 Å². The van der Waals surface area contributed by atoms with Gasteiger partial charge in [-0.1, -0.05) is 18.2 Å². The molecule has 0 aliphatic carbocycles. The van der Waals surface area contributed by atoms with Crippen molar-refractivity contribution in [2.24, 2.45) is 0 Å². The van der Waals surface area contributed by atoms with E-state index in [0.717, 1.165) is 5.56 Å². The lowest BCUT2D eigenvalue weighted by atomic mass is 10.0. The number of nitrogens with one attached hydrogen (secondary N) is 1. The van der Waals surface area contributed by atoms with Gasteiger partial charge in [-0.25, -0.2) is 9.37 Å². The first-order valence-electron chi connectivity index (χ1n) is 9.50. The minimum atomic E-state index is -0.222. The number of fused-ring (bicyclic) bond motifs is 1. The van der Waals surface area contributed by atoms with Crippen LogP contribution in [0.4, 0.5) is 10.3 Å². The molecule has 0 fully saturated rings. The summed E-state index contributed by atoms with van der Waals surface area (Å²) in [6.07, 6.45) is 5.18. The van der Waals surface area contributed by atoms with Gasteiger partial charge in [0.1, 0.15) is 5.82 Å². The van der Waals surface area contributed by atoms with Gasteiger partial charge in [-0.2, -0.15) is 0 Å². The number of nitrogens with zero attached hydrogens (tertiary/aromatic N) is 3. The van der Waals surface area contributed by atoms with Crippen molar-refractivity contribution in [3.8, 4) is 11.3 Å². The van der Waals surface area contributed by atoms with Gasteiger partial charge in [-0.05, 0) is 56.9 Å². The Bertz CT molecular complexity index is 1060. The van der Waals surface area contributed by atoms with Gasteiger partial charge < -0.3 is 5.32 Å². The standard InChI is InChI=1S/C22H23FN4O/c1-22(2)14-27-20(28)17(8-5-7-15-6-3-4-9-18(15)23)19(25-21(27)26-22)16-10-12-24-13-11-16/h3-4,6,9-13H,5,7-8,14H2,1-2H3,(H,25,26). The number of pyridine rings is 1. The SMILES string of the molecule is CC1(C)Cn2c(nc(-c3ccncc3)c(CCCc3ccccc3F)c2=O)N1. The Morgan fingerprint density at radius 2 is 1.89 bits per heavy atom. The van der Waals surface area contributed by atoms with E-state index in [9.17, 15) is 9.18 Å². The van der Waals surface area contributed by atoms with E-state index in [2.05, 4.69) is 10.3 Å². The van der Waals surface area contributed by atoms with Crippen molar-refractivity contribution in [3.05, 3.63) is 76.1 Å². The van der Waals surface area contributed by atoms with E-state index in [1.165, 1.54) is 6.07 Å². The third-order valence-corrected chi connectivity index (χ3v) is 5.05. The molecule has 1 aliphatic heterocycles. The van der Waals surface area contributed by atoms with Crippen LogP contribution in [-0.2, 0) is 19.4 Å². The average molecular weight is 378 g/mol. The maximum atomic E-state index is 13.9. The lowest BCUT2D eigenvalue weighted by molar-refractivity contribution is 0.515. The molecule has 0 spiro atoms. The molecular formula is C22H23FN4O. The zero-order valence-electron chi connectivity index (χ0n) is 16.1. The van der Waals surface area contributed by atoms with Gasteiger partial charge in [0.15, 0.2) is 0 Å². The van der Waals surface area contributed by atoms with Crippen LogP contribution in [0, 0.1) is 5.82 Å². The largest absolute Gasteiger partial charge is 0.349 e. The molecule has 0 unspecified atom stereocenters. The first-order valence-corrected chi connectivity index (χ1v) is 9.50. The summed E-state index contributed by atoms with van der Waals surface area (Å²) >= 11 is 0. The van der Waals surface area contributed by atoms with Gasteiger partial charge >= 0.3 is 0 Å². The van der Waals surface area contributed by atoms with Crippen molar-refractivity contribution in [1.82, 2.24) is 14.5 Å². The molecule has 1 aliphatic rings. The average Bonchev–Trinajstić information content (AvgIpc) is 3.00. The molecule has 1 N–H and O–H groups in total. The minimum Gasteiger partial charge on any atom is -0.349 e. The highest BCUT2D eigenvalue weighted by Crippen LogP contribution is 2.28. The van der Waals surface area contributed by atoms with Gasteiger partial charge in [-0.15, -0.1) is 0 Å². The van der Waals surface area contributed by atoms with E-state index in [-0.39, 0.29) is 16.9 Å². The summed E-state index contributed by atoms with van der Waals surface area (Å²) in [6.45, 7) is 4.67. The highest BCUT2D eigenvalue weighted by atomic mass is 19.1. The summed E-state index contributed by atoms with van der Waals surface area (Å²) < 4.78 is 15.6. The van der Waals surface area contributed by atoms with Crippen LogP contribution in [0.5, 0.6) is 0 Å². The fourth-order valence-corrected chi connectivity index (χ4v) is 3.70.